The van der Waals surface area contributed by atoms with E-state index in [0.717, 1.165) is 12.1 Å². The van der Waals surface area contributed by atoms with Crippen molar-refractivity contribution in [3.05, 3.63) is 24.1 Å². The van der Waals surface area contributed by atoms with Crippen molar-refractivity contribution in [2.24, 2.45) is 5.73 Å². The van der Waals surface area contributed by atoms with E-state index >= 15 is 0 Å². The maximum absolute atomic E-state index is 13.1. The van der Waals surface area contributed by atoms with Gasteiger partial charge in [0.2, 0.25) is 11.7 Å². The van der Waals surface area contributed by atoms with Gasteiger partial charge < -0.3 is 19.7 Å². The number of nitrogens with zero attached hydrogens (tertiary/aromatic N) is 2. The van der Waals surface area contributed by atoms with Crippen molar-refractivity contribution in [1.29, 1.82) is 0 Å². The Kier molecular flexibility index (Phi) is 2.80. The number of benzene rings is 1. The third-order valence-corrected chi connectivity index (χ3v) is 2.66. The first kappa shape index (κ1) is 13.6. The Morgan fingerprint density at radius 2 is 1.71 bits per heavy atom. The van der Waals surface area contributed by atoms with E-state index in [-0.39, 0.29) is 23.8 Å². The van der Waals surface area contributed by atoms with Crippen LogP contribution in [0.25, 0.3) is 11.4 Å². The predicted octanol–water partition coefficient (Wildman–Crippen LogP) is 2.15. The Hall–Kier alpha value is -2.36. The van der Waals surface area contributed by atoms with Gasteiger partial charge in [-0.1, -0.05) is 5.16 Å². The van der Waals surface area contributed by atoms with Gasteiger partial charge >= 0.3 is 12.2 Å². The van der Waals surface area contributed by atoms with Crippen molar-refractivity contribution in [2.45, 2.75) is 18.8 Å². The summed E-state index contributed by atoms with van der Waals surface area (Å²) in [5.41, 5.74) is 5.52. The van der Waals surface area contributed by atoms with Crippen LogP contribution in [0.3, 0.4) is 0 Å². The van der Waals surface area contributed by atoms with E-state index in [1.54, 1.807) is 0 Å². The summed E-state index contributed by atoms with van der Waals surface area (Å²) in [6.07, 6.45) is -9.53. The molecule has 0 fully saturated rings. The molecule has 0 aliphatic carbocycles. The van der Waals surface area contributed by atoms with Gasteiger partial charge in [0.25, 0.3) is 0 Å². The number of halogens is 4. The predicted molar refractivity (Wildman–Crippen MR) is 58.8 cm³/mol. The monoisotopic (exact) mass is 305 g/mol. The molecule has 0 amide bonds. The molecule has 1 aliphatic rings. The summed E-state index contributed by atoms with van der Waals surface area (Å²) in [5, 5.41) is 3.57. The molecule has 0 unspecified atom stereocenters. The largest absolute Gasteiger partial charge is 0.507 e. The first-order valence-electron chi connectivity index (χ1n) is 5.63. The molecular weight excluding hydrogens is 298 g/mol. The van der Waals surface area contributed by atoms with Crippen molar-refractivity contribution in [3.8, 4) is 22.9 Å². The molecule has 1 aromatic heterocycles. The highest BCUT2D eigenvalue weighted by Gasteiger charge is 2.65. The molecule has 2 aromatic rings. The highest BCUT2D eigenvalue weighted by atomic mass is 19.3. The standard InChI is InChI=1S/C11H7F4N3O3/c12-10(13)11(14,15)20-7-3-5(1-2-6(7)19-10)9-17-8(4-16)21-18-9/h1-3H,4,16H2. The topological polar surface area (TPSA) is 83.4 Å². The minimum atomic E-state index is -4.78. The summed E-state index contributed by atoms with van der Waals surface area (Å²) in [4.78, 5) is 3.88. The Morgan fingerprint density at radius 3 is 2.33 bits per heavy atom. The maximum Gasteiger partial charge on any atom is 0.507 e. The second-order valence-corrected chi connectivity index (χ2v) is 4.12. The Morgan fingerprint density at radius 1 is 1.05 bits per heavy atom. The van der Waals surface area contributed by atoms with Gasteiger partial charge in [0.05, 0.1) is 6.54 Å². The second-order valence-electron chi connectivity index (χ2n) is 4.12. The third kappa shape index (κ3) is 2.17. The van der Waals surface area contributed by atoms with E-state index in [1.807, 2.05) is 0 Å². The molecule has 0 radical (unpaired) electrons. The number of fused-ring (bicyclic) bond motifs is 1. The van der Waals surface area contributed by atoms with Crippen molar-refractivity contribution < 1.29 is 31.6 Å². The minimum Gasteiger partial charge on any atom is -0.421 e. The lowest BCUT2D eigenvalue weighted by atomic mass is 10.2. The third-order valence-electron chi connectivity index (χ3n) is 2.66. The number of hydrogen-bond donors (Lipinski definition) is 1. The van der Waals surface area contributed by atoms with Crippen LogP contribution in [-0.4, -0.2) is 22.4 Å². The van der Waals surface area contributed by atoms with Crippen molar-refractivity contribution in [3.63, 3.8) is 0 Å². The summed E-state index contributed by atoms with van der Waals surface area (Å²) in [6.45, 7) is 0.00183. The zero-order chi connectivity index (χ0) is 15.3. The molecule has 1 aromatic carbocycles. The van der Waals surface area contributed by atoms with Gasteiger partial charge in [0.1, 0.15) is 0 Å². The van der Waals surface area contributed by atoms with Crippen molar-refractivity contribution in [1.82, 2.24) is 10.1 Å². The first-order valence-corrected chi connectivity index (χ1v) is 5.63. The van der Waals surface area contributed by atoms with Crippen LogP contribution in [0, 0.1) is 0 Å². The fourth-order valence-electron chi connectivity index (χ4n) is 1.66. The van der Waals surface area contributed by atoms with E-state index in [4.69, 9.17) is 10.3 Å². The van der Waals surface area contributed by atoms with E-state index in [9.17, 15) is 17.6 Å². The van der Waals surface area contributed by atoms with Gasteiger partial charge in [-0.05, 0) is 18.2 Å². The van der Waals surface area contributed by atoms with Crippen LogP contribution < -0.4 is 15.2 Å². The van der Waals surface area contributed by atoms with Crippen LogP contribution in [0.5, 0.6) is 11.5 Å². The summed E-state index contributed by atoms with van der Waals surface area (Å²) in [6, 6.07) is 3.39. The van der Waals surface area contributed by atoms with Crippen LogP contribution >= 0.6 is 0 Å². The number of alkyl halides is 4. The molecule has 2 N–H and O–H groups in total. The molecule has 3 rings (SSSR count). The van der Waals surface area contributed by atoms with Gasteiger partial charge in [-0.3, -0.25) is 0 Å². The summed E-state index contributed by atoms with van der Waals surface area (Å²) in [7, 11) is 0. The van der Waals surface area contributed by atoms with Gasteiger partial charge in [-0.15, -0.1) is 0 Å². The van der Waals surface area contributed by atoms with E-state index in [0.29, 0.717) is 0 Å². The lowest BCUT2D eigenvalue weighted by Crippen LogP contribution is -2.52. The fourth-order valence-corrected chi connectivity index (χ4v) is 1.66. The average molecular weight is 305 g/mol. The van der Waals surface area contributed by atoms with Crippen LogP contribution in [0.4, 0.5) is 17.6 Å². The molecule has 2 heterocycles. The quantitative estimate of drug-likeness (QED) is 0.856. The zero-order valence-electron chi connectivity index (χ0n) is 10.1. The van der Waals surface area contributed by atoms with Crippen LogP contribution in [-0.2, 0) is 6.54 Å². The Bertz CT molecular complexity index is 689. The Balaban J connectivity index is 1.99. The Labute approximate surface area is 114 Å². The number of ether oxygens (including phenoxy) is 2. The van der Waals surface area contributed by atoms with E-state index < -0.39 is 23.7 Å². The van der Waals surface area contributed by atoms with Crippen LogP contribution in [0.2, 0.25) is 0 Å². The molecule has 1 aliphatic heterocycles. The fraction of sp³-hybridized carbons (Fsp3) is 0.273. The number of nitrogens with two attached hydrogens (primary N) is 1. The van der Waals surface area contributed by atoms with Gasteiger partial charge in [0, 0.05) is 5.56 Å². The number of rotatable bonds is 2. The van der Waals surface area contributed by atoms with Crippen molar-refractivity contribution >= 4 is 0 Å². The number of hydrogen-bond acceptors (Lipinski definition) is 6. The molecule has 0 bridgehead atoms. The molecule has 0 spiro atoms. The summed E-state index contributed by atoms with van der Waals surface area (Å²) >= 11 is 0. The summed E-state index contributed by atoms with van der Waals surface area (Å²) < 4.78 is 64.9. The molecule has 6 nitrogen and oxygen atoms in total. The lowest BCUT2D eigenvalue weighted by Gasteiger charge is -2.31. The summed E-state index contributed by atoms with van der Waals surface area (Å²) in [5.74, 6) is -0.876. The molecule has 0 saturated carbocycles. The van der Waals surface area contributed by atoms with Crippen LogP contribution in [0.1, 0.15) is 5.89 Å². The normalized spacial score (nSPS) is 18.5. The average Bonchev–Trinajstić information content (AvgIpc) is 2.87. The molecule has 21 heavy (non-hydrogen) atoms. The first-order chi connectivity index (χ1) is 9.82. The SMILES string of the molecule is NCc1nc(-c2ccc3c(c2)OC(F)(F)C(F)(F)O3)no1. The minimum absolute atomic E-state index is 0.00183. The van der Waals surface area contributed by atoms with Crippen LogP contribution in [0.15, 0.2) is 22.7 Å². The smallest absolute Gasteiger partial charge is 0.421 e. The molecular formula is C11H7F4N3O3. The molecule has 0 atom stereocenters. The van der Waals surface area contributed by atoms with E-state index in [1.165, 1.54) is 6.07 Å². The highest BCUT2D eigenvalue weighted by molar-refractivity contribution is 5.61. The van der Waals surface area contributed by atoms with Gasteiger partial charge in [0.15, 0.2) is 11.5 Å². The zero-order valence-corrected chi connectivity index (χ0v) is 10.1. The maximum atomic E-state index is 13.1. The molecule has 112 valence electrons. The van der Waals surface area contributed by atoms with Crippen molar-refractivity contribution in [2.75, 3.05) is 0 Å². The van der Waals surface area contributed by atoms with E-state index in [2.05, 4.69) is 19.6 Å². The second kappa shape index (κ2) is 4.32. The number of aromatic nitrogens is 2. The highest BCUT2D eigenvalue weighted by Crippen LogP contribution is 2.47. The van der Waals surface area contributed by atoms with Gasteiger partial charge in [-0.2, -0.15) is 22.5 Å². The molecule has 0 saturated heterocycles. The van der Waals surface area contributed by atoms with Gasteiger partial charge in [-0.25, -0.2) is 0 Å². The molecule has 10 heteroatoms. The lowest BCUT2D eigenvalue weighted by molar-refractivity contribution is -0.391.